The number of rotatable bonds is 8. The minimum Gasteiger partial charge on any atom is -0.444 e. The van der Waals surface area contributed by atoms with Gasteiger partial charge in [-0.2, -0.15) is 0 Å². The Bertz CT molecular complexity index is 463. The SMILES string of the molecule is CCNC(=NCC(C(C)C)N1CCOCC1)NCCNC(=O)OC(C)(C)C.I. The Kier molecular flexibility index (Phi) is 13.8. The minimum atomic E-state index is -0.487. The summed E-state index contributed by atoms with van der Waals surface area (Å²) in [6.45, 7) is 18.1. The van der Waals surface area contributed by atoms with E-state index in [0.29, 0.717) is 25.0 Å². The zero-order valence-corrected chi connectivity index (χ0v) is 20.7. The van der Waals surface area contributed by atoms with E-state index in [9.17, 15) is 4.79 Å². The second kappa shape index (κ2) is 14.2. The van der Waals surface area contributed by atoms with E-state index in [4.69, 9.17) is 14.5 Å². The van der Waals surface area contributed by atoms with Crippen LogP contribution in [0.2, 0.25) is 0 Å². The first-order chi connectivity index (χ1) is 12.7. The lowest BCUT2D eigenvalue weighted by molar-refractivity contribution is 0.00867. The molecule has 1 amide bonds. The van der Waals surface area contributed by atoms with Gasteiger partial charge in [0.15, 0.2) is 5.96 Å². The molecule has 8 nitrogen and oxygen atoms in total. The summed E-state index contributed by atoms with van der Waals surface area (Å²) in [6, 6.07) is 0.393. The van der Waals surface area contributed by atoms with Gasteiger partial charge < -0.3 is 25.4 Å². The standard InChI is InChI=1S/C19H39N5O3.HI/c1-7-20-17(21-8-9-22-18(25)27-19(4,5)6)23-14-16(15(2)3)24-10-12-26-13-11-24;/h15-16H,7-14H2,1-6H3,(H,22,25)(H2,20,21,23);1H. The molecule has 1 saturated heterocycles. The van der Waals surface area contributed by atoms with Crippen molar-refractivity contribution < 1.29 is 14.3 Å². The van der Waals surface area contributed by atoms with Crippen molar-refractivity contribution in [3.8, 4) is 0 Å². The van der Waals surface area contributed by atoms with Gasteiger partial charge in [-0.15, -0.1) is 24.0 Å². The average molecular weight is 513 g/mol. The number of carbonyl (C=O) groups is 1. The Morgan fingerprint density at radius 2 is 1.75 bits per heavy atom. The minimum absolute atomic E-state index is 0. The molecule has 1 rings (SSSR count). The van der Waals surface area contributed by atoms with Crippen molar-refractivity contribution in [1.82, 2.24) is 20.9 Å². The summed E-state index contributed by atoms with van der Waals surface area (Å²) in [5.41, 5.74) is -0.487. The fraction of sp³-hybridized carbons (Fsp3) is 0.895. The molecule has 1 atom stereocenters. The Hall–Kier alpha value is -0.810. The Labute approximate surface area is 187 Å². The topological polar surface area (TPSA) is 87.2 Å². The molecule has 1 aliphatic heterocycles. The van der Waals surface area contributed by atoms with E-state index >= 15 is 0 Å². The van der Waals surface area contributed by atoms with Crippen molar-refractivity contribution >= 4 is 36.0 Å². The van der Waals surface area contributed by atoms with Crippen molar-refractivity contribution in [2.45, 2.75) is 53.2 Å². The third-order valence-electron chi connectivity index (χ3n) is 4.15. The van der Waals surface area contributed by atoms with Crippen LogP contribution in [0.5, 0.6) is 0 Å². The van der Waals surface area contributed by atoms with Gasteiger partial charge in [0.1, 0.15) is 5.60 Å². The van der Waals surface area contributed by atoms with E-state index in [-0.39, 0.29) is 24.0 Å². The number of halogens is 1. The van der Waals surface area contributed by atoms with Crippen LogP contribution in [-0.2, 0) is 9.47 Å². The molecule has 0 aromatic heterocycles. The Morgan fingerprint density at radius 1 is 1.14 bits per heavy atom. The van der Waals surface area contributed by atoms with Gasteiger partial charge in [0.2, 0.25) is 0 Å². The molecule has 0 radical (unpaired) electrons. The molecule has 1 aliphatic rings. The van der Waals surface area contributed by atoms with Crippen molar-refractivity contribution in [3.05, 3.63) is 0 Å². The lowest BCUT2D eigenvalue weighted by atomic mass is 10.0. The van der Waals surface area contributed by atoms with Gasteiger partial charge in [-0.05, 0) is 33.6 Å². The van der Waals surface area contributed by atoms with Crippen LogP contribution in [-0.4, -0.2) is 81.1 Å². The molecular weight excluding hydrogens is 473 g/mol. The lowest BCUT2D eigenvalue weighted by Gasteiger charge is -2.36. The van der Waals surface area contributed by atoms with E-state index < -0.39 is 11.7 Å². The van der Waals surface area contributed by atoms with Gasteiger partial charge in [-0.1, -0.05) is 13.8 Å². The molecule has 28 heavy (non-hydrogen) atoms. The zero-order valence-electron chi connectivity index (χ0n) is 18.3. The third-order valence-corrected chi connectivity index (χ3v) is 4.15. The number of alkyl carbamates (subject to hydrolysis) is 1. The molecule has 9 heteroatoms. The molecule has 1 unspecified atom stereocenters. The van der Waals surface area contributed by atoms with Gasteiger partial charge in [-0.3, -0.25) is 9.89 Å². The maximum absolute atomic E-state index is 11.7. The number of ether oxygens (including phenoxy) is 2. The monoisotopic (exact) mass is 513 g/mol. The van der Waals surface area contributed by atoms with Gasteiger partial charge in [0.25, 0.3) is 0 Å². The number of aliphatic imine (C=N–C) groups is 1. The highest BCUT2D eigenvalue weighted by Crippen LogP contribution is 2.13. The van der Waals surface area contributed by atoms with Gasteiger partial charge in [0.05, 0.1) is 19.8 Å². The van der Waals surface area contributed by atoms with Crippen LogP contribution in [0.1, 0.15) is 41.5 Å². The van der Waals surface area contributed by atoms with E-state index in [1.165, 1.54) is 0 Å². The van der Waals surface area contributed by atoms with Crippen LogP contribution in [0.25, 0.3) is 0 Å². The van der Waals surface area contributed by atoms with Crippen LogP contribution in [0.15, 0.2) is 4.99 Å². The van der Waals surface area contributed by atoms with Crippen LogP contribution >= 0.6 is 24.0 Å². The normalized spacial score (nSPS) is 16.9. The summed E-state index contributed by atoms with van der Waals surface area (Å²) >= 11 is 0. The fourth-order valence-corrected chi connectivity index (χ4v) is 2.84. The molecule has 0 saturated carbocycles. The molecule has 1 fully saturated rings. The number of nitrogens with zero attached hydrogens (tertiary/aromatic N) is 2. The molecule has 166 valence electrons. The fourth-order valence-electron chi connectivity index (χ4n) is 2.84. The number of guanidine groups is 1. The summed E-state index contributed by atoms with van der Waals surface area (Å²) in [4.78, 5) is 18.9. The molecule has 0 spiro atoms. The smallest absolute Gasteiger partial charge is 0.407 e. The molecule has 0 aromatic carbocycles. The Balaban J connectivity index is 0.00000729. The largest absolute Gasteiger partial charge is 0.444 e. The first-order valence-electron chi connectivity index (χ1n) is 10.0. The zero-order chi connectivity index (χ0) is 20.3. The van der Waals surface area contributed by atoms with Crippen LogP contribution < -0.4 is 16.0 Å². The average Bonchev–Trinajstić information content (AvgIpc) is 2.57. The maximum Gasteiger partial charge on any atom is 0.407 e. The van der Waals surface area contributed by atoms with Crippen LogP contribution in [0.4, 0.5) is 4.79 Å². The van der Waals surface area contributed by atoms with Crippen molar-refractivity contribution in [2.75, 3.05) is 52.5 Å². The number of morpholine rings is 1. The quantitative estimate of drug-likeness (QED) is 0.199. The second-order valence-corrected chi connectivity index (χ2v) is 8.03. The molecule has 0 bridgehead atoms. The predicted molar refractivity (Wildman–Crippen MR) is 125 cm³/mol. The van der Waals surface area contributed by atoms with E-state index in [2.05, 4.69) is 34.7 Å². The predicted octanol–water partition coefficient (Wildman–Crippen LogP) is 2.04. The molecule has 0 aliphatic carbocycles. The highest BCUT2D eigenvalue weighted by atomic mass is 127. The summed E-state index contributed by atoms with van der Waals surface area (Å²) in [6.07, 6.45) is -0.404. The summed E-state index contributed by atoms with van der Waals surface area (Å²) in [5.74, 6) is 1.28. The lowest BCUT2D eigenvalue weighted by Crippen LogP contribution is -2.48. The number of amides is 1. The van der Waals surface area contributed by atoms with Crippen molar-refractivity contribution in [3.63, 3.8) is 0 Å². The first-order valence-corrected chi connectivity index (χ1v) is 10.0. The second-order valence-electron chi connectivity index (χ2n) is 8.03. The highest BCUT2D eigenvalue weighted by Gasteiger charge is 2.23. The summed E-state index contributed by atoms with van der Waals surface area (Å²) < 4.78 is 10.7. The van der Waals surface area contributed by atoms with Crippen LogP contribution in [0.3, 0.4) is 0 Å². The molecule has 3 N–H and O–H groups in total. The first kappa shape index (κ1) is 27.2. The van der Waals surface area contributed by atoms with Gasteiger partial charge in [0, 0.05) is 38.8 Å². The van der Waals surface area contributed by atoms with Gasteiger partial charge in [-0.25, -0.2) is 4.79 Å². The third kappa shape index (κ3) is 11.9. The molecule has 1 heterocycles. The highest BCUT2D eigenvalue weighted by molar-refractivity contribution is 14.0. The number of nitrogens with one attached hydrogen (secondary N) is 3. The van der Waals surface area contributed by atoms with Crippen molar-refractivity contribution in [1.29, 1.82) is 0 Å². The summed E-state index contributed by atoms with van der Waals surface area (Å²) in [5, 5.41) is 9.26. The molecule has 0 aromatic rings. The van der Waals surface area contributed by atoms with Gasteiger partial charge >= 0.3 is 6.09 Å². The number of carbonyl (C=O) groups excluding carboxylic acids is 1. The summed E-state index contributed by atoms with van der Waals surface area (Å²) in [7, 11) is 0. The maximum atomic E-state index is 11.7. The van der Waals surface area contributed by atoms with E-state index in [1.54, 1.807) is 0 Å². The number of hydrogen-bond acceptors (Lipinski definition) is 5. The Morgan fingerprint density at radius 3 is 2.29 bits per heavy atom. The van der Waals surface area contributed by atoms with Crippen molar-refractivity contribution in [2.24, 2.45) is 10.9 Å². The number of hydrogen-bond donors (Lipinski definition) is 3. The van der Waals surface area contributed by atoms with Crippen LogP contribution in [0, 0.1) is 5.92 Å². The van der Waals surface area contributed by atoms with E-state index in [0.717, 1.165) is 45.4 Å². The van der Waals surface area contributed by atoms with E-state index in [1.807, 2.05) is 27.7 Å². The molecular formula is C19H40IN5O3.